The van der Waals surface area contributed by atoms with Crippen molar-refractivity contribution < 1.29 is 4.74 Å². The second-order valence-electron chi connectivity index (χ2n) is 3.65. The van der Waals surface area contributed by atoms with Gasteiger partial charge in [-0.25, -0.2) is 0 Å². The third-order valence-electron chi connectivity index (χ3n) is 2.47. The molecule has 1 aliphatic rings. The maximum absolute atomic E-state index is 5.15. The Labute approximate surface area is 90.2 Å². The average Bonchev–Trinajstić information content (AvgIpc) is 2.74. The molecule has 0 aliphatic carbocycles. The minimum absolute atomic E-state index is 0.635. The van der Waals surface area contributed by atoms with E-state index in [1.165, 1.54) is 5.56 Å². The van der Waals surface area contributed by atoms with E-state index in [2.05, 4.69) is 22.4 Å². The zero-order valence-electron chi connectivity index (χ0n) is 8.99. The number of hydrogen-bond donors (Lipinski definition) is 1. The molecule has 3 heteroatoms. The van der Waals surface area contributed by atoms with Crippen LogP contribution >= 0.6 is 0 Å². The normalized spacial score (nSPS) is 15.1. The molecule has 1 aromatic rings. The lowest BCUT2D eigenvalue weighted by Crippen LogP contribution is -2.10. The molecule has 1 heterocycles. The van der Waals surface area contributed by atoms with E-state index < -0.39 is 0 Å². The Bertz CT molecular complexity index is 360. The molecule has 1 N–H and O–H groups in total. The van der Waals surface area contributed by atoms with Gasteiger partial charge in [-0.05, 0) is 12.5 Å². The van der Waals surface area contributed by atoms with Crippen LogP contribution in [0, 0.1) is 0 Å². The van der Waals surface area contributed by atoms with Crippen molar-refractivity contribution >= 4 is 11.5 Å². The summed E-state index contributed by atoms with van der Waals surface area (Å²) < 4.78 is 5.15. The molecular weight excluding hydrogens is 188 g/mol. The molecule has 0 radical (unpaired) electrons. The molecule has 15 heavy (non-hydrogen) atoms. The van der Waals surface area contributed by atoms with Gasteiger partial charge < -0.3 is 10.1 Å². The maximum atomic E-state index is 5.15. The summed E-state index contributed by atoms with van der Waals surface area (Å²) in [4.78, 5) is 4.40. The lowest BCUT2D eigenvalue weighted by molar-refractivity contribution is 0.185. The van der Waals surface area contributed by atoms with Crippen LogP contribution in [0.2, 0.25) is 0 Å². The Kier molecular flexibility index (Phi) is 3.35. The fourth-order valence-electron chi connectivity index (χ4n) is 1.72. The van der Waals surface area contributed by atoms with Crippen molar-refractivity contribution in [3.8, 4) is 0 Å². The van der Waals surface area contributed by atoms with E-state index >= 15 is 0 Å². The zero-order chi connectivity index (χ0) is 10.5. The number of amidine groups is 1. The Morgan fingerprint density at radius 3 is 3.00 bits per heavy atom. The molecule has 1 aromatic carbocycles. The van der Waals surface area contributed by atoms with Gasteiger partial charge in [0.05, 0.1) is 6.61 Å². The lowest BCUT2D eigenvalue weighted by Gasteiger charge is -2.10. The van der Waals surface area contributed by atoms with Gasteiger partial charge >= 0.3 is 0 Å². The summed E-state index contributed by atoms with van der Waals surface area (Å²) in [5, 5.41) is 3.36. The highest BCUT2D eigenvalue weighted by molar-refractivity contribution is 5.96. The number of methoxy groups -OCH3 is 1. The van der Waals surface area contributed by atoms with Crippen molar-refractivity contribution in [3.05, 3.63) is 29.8 Å². The van der Waals surface area contributed by atoms with Crippen LogP contribution in [-0.4, -0.2) is 19.5 Å². The van der Waals surface area contributed by atoms with Gasteiger partial charge in [0.1, 0.15) is 5.84 Å². The van der Waals surface area contributed by atoms with Gasteiger partial charge in [-0.2, -0.15) is 0 Å². The molecule has 80 valence electrons. The van der Waals surface area contributed by atoms with E-state index in [-0.39, 0.29) is 0 Å². The topological polar surface area (TPSA) is 33.6 Å². The predicted octanol–water partition coefficient (Wildman–Crippen LogP) is 2.44. The molecule has 0 unspecified atom stereocenters. The van der Waals surface area contributed by atoms with Gasteiger partial charge in [-0.1, -0.05) is 18.2 Å². The SMILES string of the molecule is COCc1ccccc1NC1=NCCC1. The Morgan fingerprint density at radius 2 is 2.27 bits per heavy atom. The lowest BCUT2D eigenvalue weighted by atomic mass is 10.2. The fourth-order valence-corrected chi connectivity index (χ4v) is 1.72. The van der Waals surface area contributed by atoms with Gasteiger partial charge in [0.15, 0.2) is 0 Å². The van der Waals surface area contributed by atoms with E-state index in [0.717, 1.165) is 30.9 Å². The molecule has 0 bridgehead atoms. The minimum atomic E-state index is 0.635. The quantitative estimate of drug-likeness (QED) is 0.820. The van der Waals surface area contributed by atoms with Gasteiger partial charge in [0.2, 0.25) is 0 Å². The smallest absolute Gasteiger partial charge is 0.101 e. The van der Waals surface area contributed by atoms with Crippen molar-refractivity contribution in [1.82, 2.24) is 0 Å². The van der Waals surface area contributed by atoms with Crippen LogP contribution in [0.1, 0.15) is 18.4 Å². The van der Waals surface area contributed by atoms with E-state index in [1.54, 1.807) is 7.11 Å². The monoisotopic (exact) mass is 204 g/mol. The van der Waals surface area contributed by atoms with Gasteiger partial charge in [-0.3, -0.25) is 4.99 Å². The standard InChI is InChI=1S/C12H16N2O/c1-15-9-10-5-2-3-6-11(10)14-12-7-4-8-13-12/h2-3,5-6H,4,7-9H2,1H3,(H,13,14). The third kappa shape index (κ3) is 2.57. The number of ether oxygens (including phenoxy) is 1. The highest BCUT2D eigenvalue weighted by atomic mass is 16.5. The molecule has 0 amide bonds. The largest absolute Gasteiger partial charge is 0.380 e. The van der Waals surface area contributed by atoms with Crippen molar-refractivity contribution in [2.24, 2.45) is 4.99 Å². The number of nitrogens with one attached hydrogen (secondary N) is 1. The van der Waals surface area contributed by atoms with Gasteiger partial charge in [0.25, 0.3) is 0 Å². The second kappa shape index (κ2) is 4.94. The first-order valence-corrected chi connectivity index (χ1v) is 5.27. The number of hydrogen-bond acceptors (Lipinski definition) is 3. The number of aliphatic imine (C=N–C) groups is 1. The number of rotatable bonds is 3. The van der Waals surface area contributed by atoms with E-state index in [1.807, 2.05) is 12.1 Å². The predicted molar refractivity (Wildman–Crippen MR) is 62.3 cm³/mol. The number of nitrogens with zero attached hydrogens (tertiary/aromatic N) is 1. The molecule has 0 atom stereocenters. The van der Waals surface area contributed by atoms with Crippen LogP contribution in [0.3, 0.4) is 0 Å². The van der Waals surface area contributed by atoms with Crippen LogP contribution < -0.4 is 5.32 Å². The van der Waals surface area contributed by atoms with Crippen LogP contribution in [-0.2, 0) is 11.3 Å². The average molecular weight is 204 g/mol. The highest BCUT2D eigenvalue weighted by Crippen LogP contribution is 2.17. The first kappa shape index (κ1) is 10.2. The van der Waals surface area contributed by atoms with Crippen LogP contribution in [0.4, 0.5) is 5.69 Å². The summed E-state index contributed by atoms with van der Waals surface area (Å²) in [7, 11) is 1.71. The molecule has 2 rings (SSSR count). The van der Waals surface area contributed by atoms with Crippen molar-refractivity contribution in [1.29, 1.82) is 0 Å². The van der Waals surface area contributed by atoms with Crippen LogP contribution in [0.25, 0.3) is 0 Å². The number of anilines is 1. The van der Waals surface area contributed by atoms with Crippen molar-refractivity contribution in [2.75, 3.05) is 19.0 Å². The summed E-state index contributed by atoms with van der Waals surface area (Å²) in [6, 6.07) is 8.18. The summed E-state index contributed by atoms with van der Waals surface area (Å²) in [5.74, 6) is 1.10. The molecule has 0 saturated heterocycles. The molecule has 0 aromatic heterocycles. The number of benzene rings is 1. The molecule has 1 aliphatic heterocycles. The van der Waals surface area contributed by atoms with Gasteiger partial charge in [0, 0.05) is 31.3 Å². The molecule has 0 spiro atoms. The van der Waals surface area contributed by atoms with Crippen LogP contribution in [0.5, 0.6) is 0 Å². The minimum Gasteiger partial charge on any atom is -0.380 e. The highest BCUT2D eigenvalue weighted by Gasteiger charge is 2.08. The summed E-state index contributed by atoms with van der Waals surface area (Å²) in [5.41, 5.74) is 2.29. The summed E-state index contributed by atoms with van der Waals surface area (Å²) in [6.45, 7) is 1.59. The Morgan fingerprint density at radius 1 is 1.40 bits per heavy atom. The van der Waals surface area contributed by atoms with E-state index in [4.69, 9.17) is 4.74 Å². The summed E-state index contributed by atoms with van der Waals surface area (Å²) in [6.07, 6.45) is 2.22. The molecule has 0 saturated carbocycles. The Hall–Kier alpha value is -1.35. The van der Waals surface area contributed by atoms with E-state index in [9.17, 15) is 0 Å². The first-order chi connectivity index (χ1) is 7.40. The fraction of sp³-hybridized carbons (Fsp3) is 0.417. The molecule has 3 nitrogen and oxygen atoms in total. The summed E-state index contributed by atoms with van der Waals surface area (Å²) >= 11 is 0. The van der Waals surface area contributed by atoms with Crippen LogP contribution in [0.15, 0.2) is 29.3 Å². The van der Waals surface area contributed by atoms with Crippen molar-refractivity contribution in [2.45, 2.75) is 19.4 Å². The third-order valence-corrected chi connectivity index (χ3v) is 2.47. The zero-order valence-corrected chi connectivity index (χ0v) is 8.99. The number of para-hydroxylation sites is 1. The van der Waals surface area contributed by atoms with Crippen molar-refractivity contribution in [3.63, 3.8) is 0 Å². The molecular formula is C12H16N2O. The Balaban J connectivity index is 2.12. The maximum Gasteiger partial charge on any atom is 0.101 e. The second-order valence-corrected chi connectivity index (χ2v) is 3.65. The van der Waals surface area contributed by atoms with Gasteiger partial charge in [-0.15, -0.1) is 0 Å². The van der Waals surface area contributed by atoms with E-state index in [0.29, 0.717) is 6.61 Å². The molecule has 0 fully saturated rings. The first-order valence-electron chi connectivity index (χ1n) is 5.27.